The largest absolute Gasteiger partial charge is 0.494 e. The van der Waals surface area contributed by atoms with Gasteiger partial charge in [-0.15, -0.1) is 12.4 Å². The third-order valence-corrected chi connectivity index (χ3v) is 5.20. The monoisotopic (exact) mass is 427 g/mol. The Morgan fingerprint density at radius 3 is 2.50 bits per heavy atom. The number of aryl methyl sites for hydroxylation is 1. The number of benzene rings is 2. The van der Waals surface area contributed by atoms with Crippen molar-refractivity contribution < 1.29 is 17.9 Å². The molecule has 0 atom stereocenters. The normalized spacial score (nSPS) is 10.8. The molecule has 0 aliphatic rings. The van der Waals surface area contributed by atoms with Crippen molar-refractivity contribution in [3.63, 3.8) is 0 Å². The molecule has 0 unspecified atom stereocenters. The van der Waals surface area contributed by atoms with E-state index in [1.807, 2.05) is 31.2 Å². The fraction of sp³-hybridized carbons (Fsp3) is 0.316. The predicted molar refractivity (Wildman–Crippen MR) is 112 cm³/mol. The Balaban J connectivity index is 0.00000392. The van der Waals surface area contributed by atoms with E-state index < -0.39 is 10.0 Å². The Hall–Kier alpha value is -2.13. The van der Waals surface area contributed by atoms with Crippen LogP contribution in [0, 0.1) is 0 Å². The van der Waals surface area contributed by atoms with E-state index in [9.17, 15) is 13.2 Å². The van der Waals surface area contributed by atoms with Gasteiger partial charge < -0.3 is 15.8 Å². The average Bonchev–Trinajstić information content (AvgIpc) is 2.66. The first kappa shape index (κ1) is 23.9. The Bertz CT molecular complexity index is 858. The minimum atomic E-state index is -3.64. The van der Waals surface area contributed by atoms with Crippen LogP contribution in [0.4, 0.5) is 5.69 Å². The highest BCUT2D eigenvalue weighted by atomic mass is 35.5. The summed E-state index contributed by atoms with van der Waals surface area (Å²) in [6.45, 7) is 2.90. The van der Waals surface area contributed by atoms with Gasteiger partial charge in [-0.3, -0.25) is 4.79 Å². The van der Waals surface area contributed by atoms with Crippen LogP contribution in [-0.4, -0.2) is 34.0 Å². The van der Waals surface area contributed by atoms with Crippen molar-refractivity contribution in [3.8, 4) is 5.75 Å². The number of nitrogens with two attached hydrogens (primary N) is 1. The van der Waals surface area contributed by atoms with E-state index in [0.29, 0.717) is 18.7 Å². The standard InChI is InChI=1S/C19H25N3O4S.ClH/c1-2-26-17-9-6-15(7-10-17)8-11-19(23)22-16-4-3-5-18(14-16)27(24,25)21-13-12-20;/h3-7,9-10,14,21H,2,8,11-13,20H2,1H3,(H,22,23);1H. The molecule has 0 radical (unpaired) electrons. The quantitative estimate of drug-likeness (QED) is 0.538. The van der Waals surface area contributed by atoms with Crippen LogP contribution >= 0.6 is 12.4 Å². The number of ether oxygens (including phenoxy) is 1. The van der Waals surface area contributed by atoms with Crippen molar-refractivity contribution in [2.24, 2.45) is 5.73 Å². The summed E-state index contributed by atoms with van der Waals surface area (Å²) in [5, 5.41) is 2.73. The van der Waals surface area contributed by atoms with Crippen molar-refractivity contribution in [3.05, 3.63) is 54.1 Å². The number of halogens is 1. The molecule has 4 N–H and O–H groups in total. The molecule has 0 bridgehead atoms. The first-order valence-corrected chi connectivity index (χ1v) is 10.2. The lowest BCUT2D eigenvalue weighted by atomic mass is 10.1. The molecule has 2 aromatic carbocycles. The topological polar surface area (TPSA) is 111 Å². The molecular weight excluding hydrogens is 402 g/mol. The predicted octanol–water partition coefficient (Wildman–Crippen LogP) is 2.32. The number of nitrogens with one attached hydrogen (secondary N) is 2. The fourth-order valence-corrected chi connectivity index (χ4v) is 3.51. The number of hydrogen-bond donors (Lipinski definition) is 3. The van der Waals surface area contributed by atoms with Gasteiger partial charge in [-0.05, 0) is 49.2 Å². The van der Waals surface area contributed by atoms with E-state index in [4.69, 9.17) is 10.5 Å². The van der Waals surface area contributed by atoms with Crippen LogP contribution in [-0.2, 0) is 21.2 Å². The van der Waals surface area contributed by atoms with Gasteiger partial charge in [0.1, 0.15) is 5.75 Å². The number of anilines is 1. The van der Waals surface area contributed by atoms with Gasteiger partial charge in [-0.2, -0.15) is 0 Å². The van der Waals surface area contributed by atoms with Gasteiger partial charge in [0.25, 0.3) is 0 Å². The average molecular weight is 428 g/mol. The maximum Gasteiger partial charge on any atom is 0.240 e. The molecule has 28 heavy (non-hydrogen) atoms. The minimum Gasteiger partial charge on any atom is -0.494 e. The molecule has 0 aromatic heterocycles. The summed E-state index contributed by atoms with van der Waals surface area (Å²) < 4.78 is 32.0. The third kappa shape index (κ3) is 7.47. The second-order valence-electron chi connectivity index (χ2n) is 5.84. The van der Waals surface area contributed by atoms with Gasteiger partial charge in [0.15, 0.2) is 0 Å². The highest BCUT2D eigenvalue weighted by molar-refractivity contribution is 7.89. The van der Waals surface area contributed by atoms with E-state index in [-0.39, 0.29) is 42.7 Å². The summed E-state index contributed by atoms with van der Waals surface area (Å²) in [7, 11) is -3.64. The van der Waals surface area contributed by atoms with Crippen LogP contribution in [0.5, 0.6) is 5.75 Å². The lowest BCUT2D eigenvalue weighted by Crippen LogP contribution is -2.29. The molecule has 0 saturated heterocycles. The molecule has 0 fully saturated rings. The number of carbonyl (C=O) groups excluding carboxylic acids is 1. The second-order valence-corrected chi connectivity index (χ2v) is 7.61. The summed E-state index contributed by atoms with van der Waals surface area (Å²) in [6.07, 6.45) is 0.866. The van der Waals surface area contributed by atoms with Gasteiger partial charge in [-0.25, -0.2) is 13.1 Å². The summed E-state index contributed by atoms with van der Waals surface area (Å²) in [5.41, 5.74) is 6.78. The molecular formula is C19H26ClN3O4S. The van der Waals surface area contributed by atoms with Crippen LogP contribution in [0.1, 0.15) is 18.9 Å². The molecule has 154 valence electrons. The second kappa shape index (κ2) is 11.7. The van der Waals surface area contributed by atoms with Crippen LogP contribution in [0.3, 0.4) is 0 Å². The number of amides is 1. The molecule has 7 nitrogen and oxygen atoms in total. The fourth-order valence-electron chi connectivity index (χ4n) is 2.42. The molecule has 2 rings (SSSR count). The van der Waals surface area contributed by atoms with Crippen LogP contribution < -0.4 is 20.5 Å². The van der Waals surface area contributed by atoms with Crippen molar-refractivity contribution >= 4 is 34.0 Å². The van der Waals surface area contributed by atoms with Gasteiger partial charge in [0, 0.05) is 25.2 Å². The summed E-state index contributed by atoms with van der Waals surface area (Å²) >= 11 is 0. The number of carbonyl (C=O) groups is 1. The maximum atomic E-state index is 12.2. The highest BCUT2D eigenvalue weighted by Crippen LogP contribution is 2.17. The first-order chi connectivity index (χ1) is 12.9. The Morgan fingerprint density at radius 1 is 1.14 bits per heavy atom. The van der Waals surface area contributed by atoms with Crippen molar-refractivity contribution in [1.82, 2.24) is 4.72 Å². The van der Waals surface area contributed by atoms with Crippen LogP contribution in [0.25, 0.3) is 0 Å². The minimum absolute atomic E-state index is 0. The Labute approximate surface area is 172 Å². The van der Waals surface area contributed by atoms with Crippen LogP contribution in [0.15, 0.2) is 53.4 Å². The summed E-state index contributed by atoms with van der Waals surface area (Å²) in [6, 6.07) is 13.7. The molecule has 1 amide bonds. The smallest absolute Gasteiger partial charge is 0.240 e. The van der Waals surface area contributed by atoms with Gasteiger partial charge in [-0.1, -0.05) is 18.2 Å². The molecule has 0 aliphatic carbocycles. The van der Waals surface area contributed by atoms with Gasteiger partial charge in [0.05, 0.1) is 11.5 Å². The number of sulfonamides is 1. The van der Waals surface area contributed by atoms with E-state index >= 15 is 0 Å². The van der Waals surface area contributed by atoms with Crippen molar-refractivity contribution in [2.45, 2.75) is 24.7 Å². The van der Waals surface area contributed by atoms with E-state index in [0.717, 1.165) is 11.3 Å². The maximum absolute atomic E-state index is 12.2. The SMILES string of the molecule is CCOc1ccc(CCC(=O)Nc2cccc(S(=O)(=O)NCCN)c2)cc1.Cl. The molecule has 9 heteroatoms. The highest BCUT2D eigenvalue weighted by Gasteiger charge is 2.14. The van der Waals surface area contributed by atoms with E-state index in [2.05, 4.69) is 10.0 Å². The summed E-state index contributed by atoms with van der Waals surface area (Å²) in [5.74, 6) is 0.611. The summed E-state index contributed by atoms with van der Waals surface area (Å²) in [4.78, 5) is 12.3. The zero-order valence-electron chi connectivity index (χ0n) is 15.7. The third-order valence-electron chi connectivity index (χ3n) is 3.74. The Morgan fingerprint density at radius 2 is 1.86 bits per heavy atom. The van der Waals surface area contributed by atoms with E-state index in [1.54, 1.807) is 12.1 Å². The molecule has 0 saturated carbocycles. The van der Waals surface area contributed by atoms with Crippen molar-refractivity contribution in [1.29, 1.82) is 0 Å². The zero-order chi connectivity index (χ0) is 19.7. The molecule has 0 spiro atoms. The zero-order valence-corrected chi connectivity index (χ0v) is 17.3. The van der Waals surface area contributed by atoms with Crippen LogP contribution in [0.2, 0.25) is 0 Å². The number of hydrogen-bond acceptors (Lipinski definition) is 5. The first-order valence-electron chi connectivity index (χ1n) is 8.76. The van der Waals surface area contributed by atoms with Gasteiger partial charge >= 0.3 is 0 Å². The molecule has 0 heterocycles. The molecule has 0 aliphatic heterocycles. The lowest BCUT2D eigenvalue weighted by Gasteiger charge is -2.09. The van der Waals surface area contributed by atoms with Crippen molar-refractivity contribution in [2.75, 3.05) is 25.0 Å². The van der Waals surface area contributed by atoms with Gasteiger partial charge in [0.2, 0.25) is 15.9 Å². The number of rotatable bonds is 10. The Kier molecular flexibility index (Phi) is 9.95. The van der Waals surface area contributed by atoms with E-state index in [1.165, 1.54) is 12.1 Å². The molecule has 2 aromatic rings. The lowest BCUT2D eigenvalue weighted by molar-refractivity contribution is -0.116.